The molecule has 0 atom stereocenters. The van der Waals surface area contributed by atoms with E-state index in [0.29, 0.717) is 16.3 Å². The van der Waals surface area contributed by atoms with Crippen LogP contribution < -0.4 is 18.9 Å². The van der Waals surface area contributed by atoms with Gasteiger partial charge in [0.1, 0.15) is 5.75 Å². The Morgan fingerprint density at radius 3 is 1.89 bits per heavy atom. The van der Waals surface area contributed by atoms with Crippen molar-refractivity contribution in [3.05, 3.63) is 72.8 Å². The maximum atomic E-state index is 13.5. The van der Waals surface area contributed by atoms with E-state index in [0.717, 1.165) is 0 Å². The molecule has 0 saturated heterocycles. The number of hydrogen-bond acceptors (Lipinski definition) is 7. The van der Waals surface area contributed by atoms with Crippen LogP contribution in [0.25, 0.3) is 33.1 Å². The molecule has 4 rings (SSSR count). The van der Waals surface area contributed by atoms with Crippen molar-refractivity contribution in [1.29, 1.82) is 0 Å². The standard InChI is InChI=1S/C28H21F3O7/c1-14(2)26(32)35-17-8-6-16(7-9-17)18-10-11-19-20-12-13-21(36-27(33)15(3)4)25(34-5)23(20)37-22(19)24(18)38-28(29,30)31/h6-13H,1,3H2,2,4-5H3. The maximum Gasteiger partial charge on any atom is 0.573 e. The highest BCUT2D eigenvalue weighted by molar-refractivity contribution is 6.11. The molecule has 1 aromatic heterocycles. The highest BCUT2D eigenvalue weighted by atomic mass is 19.4. The number of rotatable bonds is 7. The summed E-state index contributed by atoms with van der Waals surface area (Å²) in [5.74, 6) is -1.72. The molecule has 0 N–H and O–H groups in total. The molecule has 0 amide bonds. The van der Waals surface area contributed by atoms with Crippen molar-refractivity contribution < 1.29 is 46.1 Å². The summed E-state index contributed by atoms with van der Waals surface area (Å²) in [7, 11) is 1.31. The molecule has 0 saturated carbocycles. The Bertz CT molecular complexity index is 1600. The van der Waals surface area contributed by atoms with Gasteiger partial charge in [0.15, 0.2) is 22.7 Å². The van der Waals surface area contributed by atoms with Crippen LogP contribution in [0, 0.1) is 0 Å². The summed E-state index contributed by atoms with van der Waals surface area (Å²) in [6, 6.07) is 11.8. The van der Waals surface area contributed by atoms with E-state index in [1.165, 1.54) is 63.4 Å². The van der Waals surface area contributed by atoms with E-state index in [1.807, 2.05) is 0 Å². The van der Waals surface area contributed by atoms with Gasteiger partial charge in [-0.2, -0.15) is 0 Å². The normalized spacial score (nSPS) is 11.3. The zero-order valence-corrected chi connectivity index (χ0v) is 20.5. The first-order chi connectivity index (χ1) is 17.9. The molecule has 1 heterocycles. The number of methoxy groups -OCH3 is 1. The topological polar surface area (TPSA) is 84.2 Å². The van der Waals surface area contributed by atoms with Crippen LogP contribution in [0.2, 0.25) is 0 Å². The van der Waals surface area contributed by atoms with Gasteiger partial charge in [-0.05, 0) is 55.8 Å². The third kappa shape index (κ3) is 5.19. The molecule has 0 bridgehead atoms. The summed E-state index contributed by atoms with van der Waals surface area (Å²) in [5.41, 5.74) is 0.597. The second kappa shape index (κ2) is 9.97. The molecule has 0 aliphatic heterocycles. The average Bonchev–Trinajstić information content (AvgIpc) is 3.23. The number of furan rings is 1. The van der Waals surface area contributed by atoms with Crippen LogP contribution in [0.5, 0.6) is 23.0 Å². The molecule has 196 valence electrons. The van der Waals surface area contributed by atoms with Gasteiger partial charge in [-0.3, -0.25) is 0 Å². The molecule has 0 spiro atoms. The average molecular weight is 526 g/mol. The molecule has 3 aromatic carbocycles. The van der Waals surface area contributed by atoms with Gasteiger partial charge in [0, 0.05) is 27.5 Å². The minimum Gasteiger partial charge on any atom is -0.490 e. The lowest BCUT2D eigenvalue weighted by Crippen LogP contribution is -2.17. The summed E-state index contributed by atoms with van der Waals surface area (Å²) in [5, 5.41) is 0.721. The number of carbonyl (C=O) groups is 2. The number of hydrogen-bond donors (Lipinski definition) is 0. The number of halogens is 3. The minimum absolute atomic E-state index is 0.00506. The largest absolute Gasteiger partial charge is 0.573 e. The van der Waals surface area contributed by atoms with Crippen LogP contribution in [0.1, 0.15) is 13.8 Å². The molecule has 0 radical (unpaired) electrons. The molecular formula is C28H21F3O7. The van der Waals surface area contributed by atoms with E-state index in [1.54, 1.807) is 6.07 Å². The summed E-state index contributed by atoms with van der Waals surface area (Å²) in [6.07, 6.45) is -5.04. The predicted molar refractivity (Wildman–Crippen MR) is 133 cm³/mol. The van der Waals surface area contributed by atoms with E-state index < -0.39 is 24.1 Å². The zero-order chi connectivity index (χ0) is 27.8. The van der Waals surface area contributed by atoms with Crippen LogP contribution in [-0.2, 0) is 9.59 Å². The number of fused-ring (bicyclic) bond motifs is 3. The molecule has 38 heavy (non-hydrogen) atoms. The van der Waals surface area contributed by atoms with Crippen LogP contribution in [0.15, 0.2) is 77.3 Å². The van der Waals surface area contributed by atoms with Crippen LogP contribution in [-0.4, -0.2) is 25.4 Å². The lowest BCUT2D eigenvalue weighted by Gasteiger charge is -2.14. The van der Waals surface area contributed by atoms with Crippen molar-refractivity contribution in [1.82, 2.24) is 0 Å². The van der Waals surface area contributed by atoms with Crippen molar-refractivity contribution in [2.75, 3.05) is 7.11 Å². The molecule has 10 heteroatoms. The highest BCUT2D eigenvalue weighted by Crippen LogP contribution is 2.47. The second-order valence-corrected chi connectivity index (χ2v) is 8.31. The van der Waals surface area contributed by atoms with Crippen molar-refractivity contribution in [3.8, 4) is 34.1 Å². The van der Waals surface area contributed by atoms with Crippen LogP contribution in [0.4, 0.5) is 13.2 Å². The Labute approximate surface area is 214 Å². The van der Waals surface area contributed by atoms with E-state index >= 15 is 0 Å². The van der Waals surface area contributed by atoms with Gasteiger partial charge in [0.2, 0.25) is 5.75 Å². The van der Waals surface area contributed by atoms with E-state index in [2.05, 4.69) is 17.9 Å². The van der Waals surface area contributed by atoms with Crippen molar-refractivity contribution in [2.45, 2.75) is 20.2 Å². The lowest BCUT2D eigenvalue weighted by atomic mass is 10.0. The fourth-order valence-corrected chi connectivity index (χ4v) is 3.64. The Morgan fingerprint density at radius 2 is 1.34 bits per heavy atom. The SMILES string of the molecule is C=C(C)C(=O)Oc1ccc(-c2ccc3c(oc4c(OC)c(OC(=O)C(=C)C)ccc43)c2OC(F)(F)F)cc1. The lowest BCUT2D eigenvalue weighted by molar-refractivity contribution is -0.274. The molecule has 0 aliphatic rings. The first-order valence-electron chi connectivity index (χ1n) is 11.1. The summed E-state index contributed by atoms with van der Waals surface area (Å²) >= 11 is 0. The molecular weight excluding hydrogens is 505 g/mol. The Morgan fingerprint density at radius 1 is 0.789 bits per heavy atom. The number of benzene rings is 3. The maximum absolute atomic E-state index is 13.5. The van der Waals surface area contributed by atoms with Crippen LogP contribution >= 0.6 is 0 Å². The second-order valence-electron chi connectivity index (χ2n) is 8.31. The summed E-state index contributed by atoms with van der Waals surface area (Å²) in [6.45, 7) is 9.98. The summed E-state index contributed by atoms with van der Waals surface area (Å²) < 4.78 is 66.6. The third-order valence-corrected chi connectivity index (χ3v) is 5.38. The Hall–Kier alpha value is -4.73. The van der Waals surface area contributed by atoms with Gasteiger partial charge in [-0.25, -0.2) is 9.59 Å². The van der Waals surface area contributed by atoms with Gasteiger partial charge in [0.25, 0.3) is 0 Å². The Balaban J connectivity index is 1.88. The first kappa shape index (κ1) is 26.3. The van der Waals surface area contributed by atoms with Crippen LogP contribution in [0.3, 0.4) is 0 Å². The molecule has 7 nitrogen and oxygen atoms in total. The highest BCUT2D eigenvalue weighted by Gasteiger charge is 2.35. The van der Waals surface area contributed by atoms with Gasteiger partial charge in [-0.1, -0.05) is 25.3 Å². The van der Waals surface area contributed by atoms with Crippen molar-refractivity contribution >= 4 is 33.9 Å². The first-order valence-corrected chi connectivity index (χ1v) is 11.1. The number of carbonyl (C=O) groups excluding carboxylic acids is 2. The smallest absolute Gasteiger partial charge is 0.490 e. The van der Waals surface area contributed by atoms with E-state index in [-0.39, 0.29) is 45.1 Å². The molecule has 0 fully saturated rings. The van der Waals surface area contributed by atoms with Gasteiger partial charge < -0.3 is 23.4 Å². The predicted octanol–water partition coefficient (Wildman–Crippen LogP) is 7.12. The fraction of sp³-hybridized carbons (Fsp3) is 0.143. The third-order valence-electron chi connectivity index (χ3n) is 5.38. The number of alkyl halides is 3. The fourth-order valence-electron chi connectivity index (χ4n) is 3.64. The number of ether oxygens (including phenoxy) is 4. The van der Waals surface area contributed by atoms with Gasteiger partial charge in [0.05, 0.1) is 7.11 Å². The van der Waals surface area contributed by atoms with E-state index in [4.69, 9.17) is 18.6 Å². The zero-order valence-electron chi connectivity index (χ0n) is 20.5. The van der Waals surface area contributed by atoms with Crippen molar-refractivity contribution in [2.24, 2.45) is 0 Å². The van der Waals surface area contributed by atoms with Crippen molar-refractivity contribution in [3.63, 3.8) is 0 Å². The number of esters is 2. The quantitative estimate of drug-likeness (QED) is 0.144. The van der Waals surface area contributed by atoms with Gasteiger partial charge >= 0.3 is 18.3 Å². The molecule has 0 unspecified atom stereocenters. The monoisotopic (exact) mass is 526 g/mol. The minimum atomic E-state index is -5.04. The summed E-state index contributed by atoms with van der Waals surface area (Å²) in [4.78, 5) is 23.8. The van der Waals surface area contributed by atoms with Gasteiger partial charge in [-0.15, -0.1) is 13.2 Å². The van der Waals surface area contributed by atoms with E-state index in [9.17, 15) is 22.8 Å². The molecule has 4 aromatic rings. The molecule has 0 aliphatic carbocycles. The Kier molecular flexibility index (Phi) is 6.91.